The van der Waals surface area contributed by atoms with Gasteiger partial charge in [-0.05, 0) is 37.1 Å². The lowest BCUT2D eigenvalue weighted by Gasteiger charge is -2.15. The van der Waals surface area contributed by atoms with Gasteiger partial charge >= 0.3 is 0 Å². The fourth-order valence-corrected chi connectivity index (χ4v) is 5.43. The lowest BCUT2D eigenvalue weighted by atomic mass is 9.98. The van der Waals surface area contributed by atoms with Crippen molar-refractivity contribution in [2.45, 2.75) is 12.8 Å². The van der Waals surface area contributed by atoms with Crippen molar-refractivity contribution in [3.8, 4) is 33.9 Å². The minimum atomic E-state index is -0.0159. The van der Waals surface area contributed by atoms with Gasteiger partial charge in [-0.3, -0.25) is 4.79 Å². The Morgan fingerprint density at radius 3 is 2.45 bits per heavy atom. The van der Waals surface area contributed by atoms with E-state index in [1.54, 1.807) is 14.2 Å². The first kappa shape index (κ1) is 21.3. The van der Waals surface area contributed by atoms with Crippen LogP contribution in [-0.2, 0) is 0 Å². The zero-order valence-corrected chi connectivity index (χ0v) is 19.4. The number of thiophene rings is 1. The first-order chi connectivity index (χ1) is 16.1. The standard InChI is InChI=1S/C26H25N3O3S/c1-31-17-10-11-21(32-2)18(14-17)19-15-20(16-8-4-3-5-9-16)28-25-22(19)23(27)24(33-25)26(30)29-12-6-7-13-29/h3-5,8-11,14-15H,6-7,12-13,27H2,1-2H3. The summed E-state index contributed by atoms with van der Waals surface area (Å²) in [6.07, 6.45) is 2.05. The highest BCUT2D eigenvalue weighted by Crippen LogP contribution is 2.45. The Morgan fingerprint density at radius 2 is 1.76 bits per heavy atom. The van der Waals surface area contributed by atoms with Gasteiger partial charge in [0.05, 0.1) is 25.6 Å². The van der Waals surface area contributed by atoms with Crippen molar-refractivity contribution in [2.24, 2.45) is 0 Å². The molecule has 7 heteroatoms. The highest BCUT2D eigenvalue weighted by Gasteiger charge is 2.27. The smallest absolute Gasteiger partial charge is 0.266 e. The summed E-state index contributed by atoms with van der Waals surface area (Å²) in [7, 11) is 3.27. The number of anilines is 1. The van der Waals surface area contributed by atoms with E-state index in [4.69, 9.17) is 20.2 Å². The zero-order valence-electron chi connectivity index (χ0n) is 18.6. The van der Waals surface area contributed by atoms with E-state index in [1.165, 1.54) is 11.3 Å². The Bertz CT molecular complexity index is 1330. The largest absolute Gasteiger partial charge is 0.497 e. The maximum absolute atomic E-state index is 13.2. The van der Waals surface area contributed by atoms with Crippen molar-refractivity contribution in [3.05, 3.63) is 59.5 Å². The fourth-order valence-electron chi connectivity index (χ4n) is 4.34. The van der Waals surface area contributed by atoms with Gasteiger partial charge in [0, 0.05) is 35.2 Å². The minimum absolute atomic E-state index is 0.0159. The van der Waals surface area contributed by atoms with Crippen LogP contribution in [0.2, 0.25) is 0 Å². The molecule has 33 heavy (non-hydrogen) atoms. The normalized spacial score (nSPS) is 13.5. The third-order valence-electron chi connectivity index (χ3n) is 6.05. The fraction of sp³-hybridized carbons (Fsp3) is 0.231. The van der Waals surface area contributed by atoms with Crippen molar-refractivity contribution >= 4 is 33.1 Å². The summed E-state index contributed by atoms with van der Waals surface area (Å²) in [5, 5.41) is 0.772. The quantitative estimate of drug-likeness (QED) is 0.428. The number of methoxy groups -OCH3 is 2. The Kier molecular flexibility index (Phi) is 5.64. The maximum atomic E-state index is 13.2. The van der Waals surface area contributed by atoms with Crippen LogP contribution in [0, 0.1) is 0 Å². The Morgan fingerprint density at radius 1 is 1.00 bits per heavy atom. The van der Waals surface area contributed by atoms with Crippen LogP contribution in [0.25, 0.3) is 32.6 Å². The summed E-state index contributed by atoms with van der Waals surface area (Å²) in [6.45, 7) is 1.54. The third kappa shape index (κ3) is 3.78. The number of rotatable bonds is 5. The molecule has 5 rings (SSSR count). The average Bonchev–Trinajstić information content (AvgIpc) is 3.52. The molecule has 1 amide bonds. The van der Waals surface area contributed by atoms with Crippen LogP contribution in [0.1, 0.15) is 22.5 Å². The second-order valence-electron chi connectivity index (χ2n) is 8.01. The summed E-state index contributed by atoms with van der Waals surface area (Å²) < 4.78 is 11.2. The molecule has 4 aromatic rings. The molecule has 0 atom stereocenters. The van der Waals surface area contributed by atoms with E-state index >= 15 is 0 Å². The number of carbonyl (C=O) groups is 1. The Labute approximate surface area is 196 Å². The monoisotopic (exact) mass is 459 g/mol. The molecule has 0 aliphatic carbocycles. The number of amides is 1. The second-order valence-corrected chi connectivity index (χ2v) is 9.01. The van der Waals surface area contributed by atoms with Gasteiger partial charge in [0.1, 0.15) is 21.2 Å². The van der Waals surface area contributed by atoms with Crippen molar-refractivity contribution in [2.75, 3.05) is 33.0 Å². The van der Waals surface area contributed by atoms with Gasteiger partial charge in [0.15, 0.2) is 0 Å². The van der Waals surface area contributed by atoms with E-state index in [0.29, 0.717) is 22.1 Å². The first-order valence-electron chi connectivity index (χ1n) is 10.9. The molecule has 1 aliphatic rings. The predicted octanol–water partition coefficient (Wildman–Crippen LogP) is 5.47. The molecule has 3 heterocycles. The highest BCUT2D eigenvalue weighted by molar-refractivity contribution is 7.21. The van der Waals surface area contributed by atoms with Gasteiger partial charge in [0.25, 0.3) is 5.91 Å². The molecular formula is C26H25N3O3S. The van der Waals surface area contributed by atoms with Crippen LogP contribution in [-0.4, -0.2) is 43.1 Å². The number of aromatic nitrogens is 1. The van der Waals surface area contributed by atoms with Crippen molar-refractivity contribution in [3.63, 3.8) is 0 Å². The molecule has 2 aromatic heterocycles. The van der Waals surface area contributed by atoms with Crippen molar-refractivity contribution in [1.82, 2.24) is 9.88 Å². The molecular weight excluding hydrogens is 434 g/mol. The van der Waals surface area contributed by atoms with Gasteiger partial charge in [-0.25, -0.2) is 4.98 Å². The zero-order chi connectivity index (χ0) is 22.9. The molecule has 6 nitrogen and oxygen atoms in total. The number of nitrogen functional groups attached to an aromatic ring is 1. The van der Waals surface area contributed by atoms with Gasteiger partial charge in [-0.2, -0.15) is 0 Å². The number of likely N-dealkylation sites (tertiary alicyclic amines) is 1. The summed E-state index contributed by atoms with van der Waals surface area (Å²) in [6, 6.07) is 17.7. The summed E-state index contributed by atoms with van der Waals surface area (Å²) >= 11 is 1.36. The molecule has 2 N–H and O–H groups in total. The van der Waals surface area contributed by atoms with Crippen LogP contribution in [0.3, 0.4) is 0 Å². The molecule has 1 fully saturated rings. The number of nitrogens with zero attached hydrogens (tertiary/aromatic N) is 2. The number of fused-ring (bicyclic) bond motifs is 1. The van der Waals surface area contributed by atoms with E-state index in [1.807, 2.05) is 59.5 Å². The van der Waals surface area contributed by atoms with E-state index in [9.17, 15) is 4.79 Å². The lowest BCUT2D eigenvalue weighted by molar-refractivity contribution is 0.0798. The third-order valence-corrected chi connectivity index (χ3v) is 7.14. The number of ether oxygens (including phenoxy) is 2. The van der Waals surface area contributed by atoms with Gasteiger partial charge in [-0.1, -0.05) is 30.3 Å². The molecule has 0 bridgehead atoms. The molecule has 1 aliphatic heterocycles. The first-order valence-corrected chi connectivity index (χ1v) is 11.7. The summed E-state index contributed by atoms with van der Waals surface area (Å²) in [4.78, 5) is 21.3. The summed E-state index contributed by atoms with van der Waals surface area (Å²) in [5.74, 6) is 1.39. The molecule has 0 saturated carbocycles. The predicted molar refractivity (Wildman–Crippen MR) is 133 cm³/mol. The number of benzene rings is 2. The Balaban J connectivity index is 1.78. The topological polar surface area (TPSA) is 77.7 Å². The second kappa shape index (κ2) is 8.75. The van der Waals surface area contributed by atoms with Crippen LogP contribution < -0.4 is 15.2 Å². The van der Waals surface area contributed by atoms with E-state index in [2.05, 4.69) is 0 Å². The van der Waals surface area contributed by atoms with E-state index in [-0.39, 0.29) is 5.91 Å². The Hall–Kier alpha value is -3.58. The SMILES string of the molecule is COc1ccc(OC)c(-c2cc(-c3ccccc3)nc3sc(C(=O)N4CCCC4)c(N)c23)c1. The van der Waals surface area contributed by atoms with Crippen LogP contribution in [0.4, 0.5) is 5.69 Å². The molecule has 0 spiro atoms. The number of hydrogen-bond donors (Lipinski definition) is 1. The number of nitrogens with two attached hydrogens (primary N) is 1. The number of carbonyl (C=O) groups excluding carboxylic acids is 1. The van der Waals surface area contributed by atoms with Gasteiger partial charge in [0.2, 0.25) is 0 Å². The lowest BCUT2D eigenvalue weighted by Crippen LogP contribution is -2.27. The number of pyridine rings is 1. The summed E-state index contributed by atoms with van der Waals surface area (Å²) in [5.41, 5.74) is 10.6. The van der Waals surface area contributed by atoms with E-state index in [0.717, 1.165) is 58.5 Å². The van der Waals surface area contributed by atoms with Crippen LogP contribution in [0.15, 0.2) is 54.6 Å². The van der Waals surface area contributed by atoms with Crippen molar-refractivity contribution < 1.29 is 14.3 Å². The van der Waals surface area contributed by atoms with E-state index < -0.39 is 0 Å². The maximum Gasteiger partial charge on any atom is 0.266 e. The molecule has 2 aromatic carbocycles. The van der Waals surface area contributed by atoms with Gasteiger partial charge in [-0.15, -0.1) is 11.3 Å². The highest BCUT2D eigenvalue weighted by atomic mass is 32.1. The minimum Gasteiger partial charge on any atom is -0.497 e. The number of hydrogen-bond acceptors (Lipinski definition) is 6. The molecule has 0 radical (unpaired) electrons. The van der Waals surface area contributed by atoms with Crippen molar-refractivity contribution in [1.29, 1.82) is 0 Å². The van der Waals surface area contributed by atoms with Crippen LogP contribution in [0.5, 0.6) is 11.5 Å². The van der Waals surface area contributed by atoms with Crippen LogP contribution >= 0.6 is 11.3 Å². The molecule has 1 saturated heterocycles. The molecule has 0 unspecified atom stereocenters. The average molecular weight is 460 g/mol. The van der Waals surface area contributed by atoms with Gasteiger partial charge < -0.3 is 20.1 Å². The molecule has 168 valence electrons.